The quantitative estimate of drug-likeness (QED) is 0.0401. The SMILES string of the molecule is CC(C)C(=O)C(C)(C)O.CC(C)C(=O)C1=NC=NC1.CC(C)C(=O)C1CC(C)(O)C1.CC(C)C(=O)C1CC(C)(O)C1.CC(C)C(=O)C1CC(O)(C(F)(F)F)C1.CC(C)C(=O)C1CC(O)(C(F)(F)F)C1.CC(C)C(=O)c1ccn[nH]1.CC1=NCC(C(=O)C(C)C)=N1.CCC(O)(CC)C(=O)C(C)C.Cc1cc(C(=O)C(C)C)n[nH]1. The molecule has 8 rings (SSSR count). The van der Waals surface area contributed by atoms with Crippen LogP contribution in [0, 0.1) is 89.8 Å². The molecule has 2 aromatic heterocycles. The average Bonchev–Trinajstić information content (AvgIpc) is 0.868. The molecule has 0 spiro atoms. The van der Waals surface area contributed by atoms with Crippen LogP contribution in [-0.2, 0) is 38.4 Å². The van der Waals surface area contributed by atoms with Gasteiger partial charge in [0.25, 0.3) is 0 Å². The van der Waals surface area contributed by atoms with E-state index in [1.165, 1.54) is 20.2 Å². The van der Waals surface area contributed by atoms with Crippen molar-refractivity contribution in [3.8, 4) is 0 Å². The Hall–Kier alpha value is -6.86. The minimum Gasteiger partial charge on any atom is -0.390 e. The minimum absolute atomic E-state index is 0.0256. The minimum atomic E-state index is -4.61. The molecule has 8 N–H and O–H groups in total. The Kier molecular flexibility index (Phi) is 44.1. The van der Waals surface area contributed by atoms with Crippen LogP contribution in [0.5, 0.6) is 0 Å². The van der Waals surface area contributed by atoms with Gasteiger partial charge in [-0.15, -0.1) is 0 Å². The molecule has 24 nitrogen and oxygen atoms in total. The molecule has 0 bridgehead atoms. The van der Waals surface area contributed by atoms with E-state index in [9.17, 15) is 89.6 Å². The van der Waals surface area contributed by atoms with Gasteiger partial charge < -0.3 is 30.6 Å². The topological polar surface area (TPSA) is 399 Å². The van der Waals surface area contributed by atoms with E-state index in [1.54, 1.807) is 80.6 Å². The lowest BCUT2D eigenvalue weighted by Gasteiger charge is -2.44. The number of Topliss-reactive ketones (excluding diaryl/α,β-unsaturated/α-hetero) is 10. The number of carbonyl (C=O) groups is 10. The highest BCUT2D eigenvalue weighted by atomic mass is 19.4. The van der Waals surface area contributed by atoms with Gasteiger partial charge in [0.05, 0.1) is 24.3 Å². The third-order valence-electron chi connectivity index (χ3n) is 19.0. The summed E-state index contributed by atoms with van der Waals surface area (Å²) in [5, 5.41) is 68.6. The van der Waals surface area contributed by atoms with Gasteiger partial charge in [-0.2, -0.15) is 36.5 Å². The molecule has 0 amide bonds. The normalized spacial score (nSPS) is 22.7. The standard InChI is InChI=1S/2C9H13F3O2.2C9H16O2.C9H18O2.2C8H12N2O.2C7H10N2O.C7H14O2/c2*1-5(2)7(13)6-3-8(14,4-6)9(10,11)12;2*1-6(2)8(10)7-4-9(3,11)5-7;1-5-9(11,6-2)8(10)7(3)4;1-5(2)8(11)7-4-9-6(3)10-7;1-5(2)8(11)7-4-6(3)9-10-7;1-5(2)7(10)6-3-8-4-9-6;1-5(2)7(10)6-3-4-8-9-6;1-5(2)6(8)7(3,4)9/h2*5-6,14H,3-4H2,1-2H3;2*6-7,11H,4-5H2,1-3H3;7,11H,5-6H2,1-4H3;5H,4H2,1-3H3;4-5H,1-3H3,(H,9,10);4-5H,3H2,1-2H3;3-5H,1-2H3,(H,8,9);5,9H,1-4H3. The number of carbonyl (C=O) groups excluding carboxylic acids is 10. The second-order valence-electron chi connectivity index (χ2n) is 34.0. The van der Waals surface area contributed by atoms with Crippen molar-refractivity contribution in [2.45, 2.75) is 304 Å². The molecule has 640 valence electrons. The molecule has 0 unspecified atom stereocenters. The Morgan fingerprint density at radius 3 is 1.02 bits per heavy atom. The van der Waals surface area contributed by atoms with Crippen LogP contribution in [0.2, 0.25) is 0 Å². The Morgan fingerprint density at radius 2 is 0.812 bits per heavy atom. The monoisotopic (exact) mass is 1600 g/mol. The van der Waals surface area contributed by atoms with Gasteiger partial charge >= 0.3 is 12.4 Å². The number of H-pyrrole nitrogens is 2. The Morgan fingerprint density at radius 1 is 0.473 bits per heavy atom. The van der Waals surface area contributed by atoms with Crippen molar-refractivity contribution in [3.63, 3.8) is 0 Å². The third kappa shape index (κ3) is 35.9. The van der Waals surface area contributed by atoms with E-state index in [0.717, 1.165) is 5.69 Å². The predicted molar refractivity (Wildman–Crippen MR) is 421 cm³/mol. The van der Waals surface area contributed by atoms with Crippen molar-refractivity contribution < 1.29 is 105 Å². The van der Waals surface area contributed by atoms with Gasteiger partial charge in [0.15, 0.2) is 45.9 Å². The van der Waals surface area contributed by atoms with E-state index in [0.29, 0.717) is 91.8 Å². The van der Waals surface area contributed by atoms with Crippen LogP contribution in [0.1, 0.15) is 278 Å². The van der Waals surface area contributed by atoms with Gasteiger partial charge in [0.2, 0.25) is 0 Å². The first-order valence-electron chi connectivity index (χ1n) is 38.7. The molecule has 0 saturated heterocycles. The molecule has 4 saturated carbocycles. The van der Waals surface area contributed by atoms with Gasteiger partial charge in [-0.25, -0.2) is 9.98 Å². The lowest BCUT2D eigenvalue weighted by molar-refractivity contribution is -0.296. The first-order chi connectivity index (χ1) is 50.7. The fraction of sp³-hybridized carbons (Fsp3) is 0.756. The zero-order chi connectivity index (χ0) is 88.3. The van der Waals surface area contributed by atoms with E-state index >= 15 is 0 Å². The maximum absolute atomic E-state index is 12.2. The number of aromatic nitrogens is 4. The van der Waals surface area contributed by atoms with Crippen molar-refractivity contribution in [2.24, 2.45) is 103 Å². The summed E-state index contributed by atoms with van der Waals surface area (Å²) in [6, 6.07) is 3.45. The fourth-order valence-electron chi connectivity index (χ4n) is 11.7. The number of hydrogen-bond donors (Lipinski definition) is 8. The van der Waals surface area contributed by atoms with Crippen LogP contribution in [0.3, 0.4) is 0 Å². The summed E-state index contributed by atoms with van der Waals surface area (Å²) >= 11 is 0. The number of nitrogens with zero attached hydrogens (tertiary/aromatic N) is 6. The Labute approximate surface area is 659 Å². The summed E-state index contributed by atoms with van der Waals surface area (Å²) < 4.78 is 73.0. The van der Waals surface area contributed by atoms with Gasteiger partial charge in [-0.1, -0.05) is 152 Å². The number of rotatable bonds is 22. The lowest BCUT2D eigenvalue weighted by atomic mass is 9.67. The van der Waals surface area contributed by atoms with Crippen molar-refractivity contribution in [3.05, 3.63) is 35.4 Å². The van der Waals surface area contributed by atoms with E-state index in [1.807, 2.05) is 118 Å². The molecule has 112 heavy (non-hydrogen) atoms. The highest BCUT2D eigenvalue weighted by Crippen LogP contribution is 2.51. The highest BCUT2D eigenvalue weighted by molar-refractivity contribution is 6.44. The first-order valence-corrected chi connectivity index (χ1v) is 38.7. The highest BCUT2D eigenvalue weighted by Gasteiger charge is 2.63. The number of amidine groups is 1. The van der Waals surface area contributed by atoms with Crippen LogP contribution in [0.25, 0.3) is 0 Å². The predicted octanol–water partition coefficient (Wildman–Crippen LogP) is 13.9. The molecule has 30 heteroatoms. The molecule has 0 radical (unpaired) electrons. The van der Waals surface area contributed by atoms with Crippen molar-refractivity contribution >= 4 is 81.4 Å². The molecule has 4 aliphatic carbocycles. The number of aliphatic imine (C=N–C) groups is 4. The molecule has 0 atom stereocenters. The third-order valence-corrected chi connectivity index (χ3v) is 19.0. The van der Waals surface area contributed by atoms with E-state index in [2.05, 4.69) is 40.4 Å². The van der Waals surface area contributed by atoms with Gasteiger partial charge in [0.1, 0.15) is 69.3 Å². The largest absolute Gasteiger partial charge is 0.417 e. The van der Waals surface area contributed by atoms with Gasteiger partial charge in [-0.05, 0) is 118 Å². The number of aryl methyl sites for hydroxylation is 1. The summed E-state index contributed by atoms with van der Waals surface area (Å²) in [4.78, 5) is 128. The smallest absolute Gasteiger partial charge is 0.390 e. The molecule has 2 aliphatic heterocycles. The zero-order valence-electron chi connectivity index (χ0n) is 71.6. The van der Waals surface area contributed by atoms with Gasteiger partial charge in [0, 0.05) is 94.7 Å². The van der Waals surface area contributed by atoms with Crippen LogP contribution in [0.4, 0.5) is 26.3 Å². The number of hydrogen-bond acceptors (Lipinski definition) is 22. The maximum atomic E-state index is 12.2. The number of alkyl halides is 6. The molecular formula is C82H134F6N8O16. The molecule has 0 aromatic carbocycles. The lowest BCUT2D eigenvalue weighted by Crippen LogP contribution is -2.57. The van der Waals surface area contributed by atoms with Crippen LogP contribution in [-0.4, -0.2) is 192 Å². The summed E-state index contributed by atoms with van der Waals surface area (Å²) in [5.41, 5.74) is -5.34. The summed E-state index contributed by atoms with van der Waals surface area (Å²) in [6.45, 7) is 51.3. The second kappa shape index (κ2) is 46.0. The summed E-state index contributed by atoms with van der Waals surface area (Å²) in [5.74, 6) is -0.0702. The number of aromatic amines is 2. The van der Waals surface area contributed by atoms with E-state index < -0.39 is 83.5 Å². The fourth-order valence-corrected chi connectivity index (χ4v) is 11.7. The number of halogens is 6. The number of nitrogens with one attached hydrogen (secondary N) is 2. The van der Waals surface area contributed by atoms with E-state index in [4.69, 9.17) is 15.3 Å². The molecule has 6 aliphatic rings. The molecule has 4 fully saturated rings. The van der Waals surface area contributed by atoms with Crippen molar-refractivity contribution in [2.75, 3.05) is 13.1 Å². The Bertz CT molecular complexity index is 3390. The van der Waals surface area contributed by atoms with Crippen molar-refractivity contribution in [1.82, 2.24) is 20.4 Å². The van der Waals surface area contributed by atoms with Gasteiger partial charge in [-0.3, -0.25) is 68.1 Å². The maximum Gasteiger partial charge on any atom is 0.417 e. The molecule has 4 heterocycles. The van der Waals surface area contributed by atoms with Crippen LogP contribution in [0.15, 0.2) is 38.3 Å². The molecule has 2 aromatic rings. The molecular weight excluding hydrogens is 1470 g/mol. The van der Waals surface area contributed by atoms with Crippen LogP contribution >= 0.6 is 0 Å². The first kappa shape index (κ1) is 107. The van der Waals surface area contributed by atoms with E-state index in [-0.39, 0.29) is 117 Å². The van der Waals surface area contributed by atoms with Crippen LogP contribution < -0.4 is 0 Å². The number of ketones is 10. The second-order valence-corrected chi connectivity index (χ2v) is 34.0. The average molecular weight is 1600 g/mol. The summed E-state index contributed by atoms with van der Waals surface area (Å²) in [6.07, 6.45) is -4.46. The number of aliphatic hydroxyl groups is 6. The summed E-state index contributed by atoms with van der Waals surface area (Å²) in [7, 11) is 0. The zero-order valence-corrected chi connectivity index (χ0v) is 71.6. The Balaban J connectivity index is 0. The van der Waals surface area contributed by atoms with Crippen molar-refractivity contribution in [1.29, 1.82) is 0 Å².